The lowest BCUT2D eigenvalue weighted by Gasteiger charge is -2.15. The van der Waals surface area contributed by atoms with Crippen LogP contribution in [-0.2, 0) is 0 Å². The number of carbonyl (C=O) groups is 1. The van der Waals surface area contributed by atoms with E-state index in [0.29, 0.717) is 12.1 Å². The summed E-state index contributed by atoms with van der Waals surface area (Å²) in [6.07, 6.45) is 0.773. The van der Waals surface area contributed by atoms with E-state index in [1.165, 1.54) is 6.07 Å². The molecule has 0 spiro atoms. The van der Waals surface area contributed by atoms with Gasteiger partial charge in [-0.15, -0.1) is 0 Å². The van der Waals surface area contributed by atoms with Crippen molar-refractivity contribution in [3.8, 4) is 5.75 Å². The maximum Gasteiger partial charge on any atom is 0.255 e. The zero-order valence-corrected chi connectivity index (χ0v) is 9.66. The van der Waals surface area contributed by atoms with Crippen LogP contribution in [0.3, 0.4) is 0 Å². The normalized spacial score (nSPS) is 12.2. The molecule has 0 heterocycles. The van der Waals surface area contributed by atoms with Crippen LogP contribution in [0.25, 0.3) is 0 Å². The molecule has 0 saturated heterocycles. The summed E-state index contributed by atoms with van der Waals surface area (Å²) in [5, 5.41) is 12.3. The fraction of sp³-hybridized carbons (Fsp3) is 0.417. The Morgan fingerprint density at radius 2 is 2.25 bits per heavy atom. The third kappa shape index (κ3) is 2.97. The van der Waals surface area contributed by atoms with Gasteiger partial charge < -0.3 is 16.2 Å². The van der Waals surface area contributed by atoms with Crippen molar-refractivity contribution in [1.82, 2.24) is 5.32 Å². The van der Waals surface area contributed by atoms with Gasteiger partial charge in [-0.2, -0.15) is 0 Å². The maximum absolute atomic E-state index is 11.8. The number of hydrogen-bond donors (Lipinski definition) is 3. The third-order valence-corrected chi connectivity index (χ3v) is 2.51. The Labute approximate surface area is 95.5 Å². The molecule has 4 nitrogen and oxygen atoms in total. The summed E-state index contributed by atoms with van der Waals surface area (Å²) in [7, 11) is 0. The van der Waals surface area contributed by atoms with Gasteiger partial charge in [0.05, 0.1) is 5.56 Å². The second-order valence-electron chi connectivity index (χ2n) is 3.83. The predicted octanol–water partition coefficient (Wildman–Crippen LogP) is 1.17. The average molecular weight is 222 g/mol. The second kappa shape index (κ2) is 5.51. The summed E-state index contributed by atoms with van der Waals surface area (Å²) in [5.41, 5.74) is 6.73. The van der Waals surface area contributed by atoms with Crippen LogP contribution in [0.4, 0.5) is 0 Å². The third-order valence-electron chi connectivity index (χ3n) is 2.51. The molecule has 1 unspecified atom stereocenters. The molecule has 1 amide bonds. The smallest absolute Gasteiger partial charge is 0.255 e. The first-order valence-electron chi connectivity index (χ1n) is 5.39. The van der Waals surface area contributed by atoms with Crippen LogP contribution in [0, 0.1) is 6.92 Å². The number of phenols is 1. The quantitative estimate of drug-likeness (QED) is 0.715. The van der Waals surface area contributed by atoms with Crippen LogP contribution in [-0.4, -0.2) is 23.6 Å². The van der Waals surface area contributed by atoms with Crippen LogP contribution in [0.15, 0.2) is 18.2 Å². The van der Waals surface area contributed by atoms with Crippen LogP contribution in [0.5, 0.6) is 5.75 Å². The van der Waals surface area contributed by atoms with Gasteiger partial charge in [0.25, 0.3) is 5.91 Å². The van der Waals surface area contributed by atoms with E-state index >= 15 is 0 Å². The van der Waals surface area contributed by atoms with Crippen molar-refractivity contribution < 1.29 is 9.90 Å². The topological polar surface area (TPSA) is 75.3 Å². The Kier molecular flexibility index (Phi) is 4.31. The Hall–Kier alpha value is -1.55. The molecule has 4 heteroatoms. The SMILES string of the molecule is CCC(CN)NC(=O)c1cc(C)ccc1O. The van der Waals surface area contributed by atoms with E-state index in [-0.39, 0.29) is 17.7 Å². The summed E-state index contributed by atoms with van der Waals surface area (Å²) < 4.78 is 0. The molecule has 0 aromatic heterocycles. The fourth-order valence-corrected chi connectivity index (χ4v) is 1.42. The summed E-state index contributed by atoms with van der Waals surface area (Å²) in [6, 6.07) is 4.89. The first-order chi connectivity index (χ1) is 7.58. The maximum atomic E-state index is 11.8. The lowest BCUT2D eigenvalue weighted by Crippen LogP contribution is -2.39. The van der Waals surface area contributed by atoms with Crippen molar-refractivity contribution in [2.75, 3.05) is 6.54 Å². The highest BCUT2D eigenvalue weighted by Gasteiger charge is 2.14. The highest BCUT2D eigenvalue weighted by atomic mass is 16.3. The number of benzene rings is 1. The van der Waals surface area contributed by atoms with E-state index in [4.69, 9.17) is 5.73 Å². The summed E-state index contributed by atoms with van der Waals surface area (Å²) >= 11 is 0. The van der Waals surface area contributed by atoms with E-state index < -0.39 is 0 Å². The van der Waals surface area contributed by atoms with Gasteiger partial charge in [0.1, 0.15) is 5.75 Å². The molecule has 1 aromatic rings. The number of carbonyl (C=O) groups excluding carboxylic acids is 1. The first kappa shape index (κ1) is 12.5. The second-order valence-corrected chi connectivity index (χ2v) is 3.83. The molecular weight excluding hydrogens is 204 g/mol. The number of aromatic hydroxyl groups is 1. The zero-order chi connectivity index (χ0) is 12.1. The molecule has 1 atom stereocenters. The molecule has 1 rings (SSSR count). The van der Waals surface area contributed by atoms with Gasteiger partial charge in [0, 0.05) is 12.6 Å². The first-order valence-corrected chi connectivity index (χ1v) is 5.39. The van der Waals surface area contributed by atoms with E-state index in [9.17, 15) is 9.90 Å². The van der Waals surface area contributed by atoms with E-state index in [1.807, 2.05) is 13.8 Å². The lowest BCUT2D eigenvalue weighted by atomic mass is 10.1. The van der Waals surface area contributed by atoms with Gasteiger partial charge in [0.15, 0.2) is 0 Å². The Morgan fingerprint density at radius 3 is 2.81 bits per heavy atom. The summed E-state index contributed by atoms with van der Waals surface area (Å²) in [6.45, 7) is 4.22. The largest absolute Gasteiger partial charge is 0.507 e. The van der Waals surface area contributed by atoms with Gasteiger partial charge in [-0.05, 0) is 25.5 Å². The van der Waals surface area contributed by atoms with Crippen LogP contribution < -0.4 is 11.1 Å². The number of hydrogen-bond acceptors (Lipinski definition) is 3. The molecule has 88 valence electrons. The number of rotatable bonds is 4. The molecule has 16 heavy (non-hydrogen) atoms. The molecule has 0 fully saturated rings. The fourth-order valence-electron chi connectivity index (χ4n) is 1.42. The number of amides is 1. The number of nitrogens with one attached hydrogen (secondary N) is 1. The number of nitrogens with two attached hydrogens (primary N) is 1. The van der Waals surface area contributed by atoms with Gasteiger partial charge >= 0.3 is 0 Å². The average Bonchev–Trinajstić information content (AvgIpc) is 2.28. The molecule has 0 aliphatic heterocycles. The standard InChI is InChI=1S/C12H18N2O2/c1-3-9(7-13)14-12(16)10-6-8(2)4-5-11(10)15/h4-6,9,15H,3,7,13H2,1-2H3,(H,14,16). The van der Waals surface area contributed by atoms with Crippen molar-refractivity contribution >= 4 is 5.91 Å². The summed E-state index contributed by atoms with van der Waals surface area (Å²) in [4.78, 5) is 11.8. The van der Waals surface area contributed by atoms with Gasteiger partial charge in [-0.1, -0.05) is 18.6 Å². The Balaban J connectivity index is 2.83. The molecule has 0 aliphatic rings. The van der Waals surface area contributed by atoms with Crippen LogP contribution >= 0.6 is 0 Å². The van der Waals surface area contributed by atoms with E-state index in [1.54, 1.807) is 12.1 Å². The van der Waals surface area contributed by atoms with Crippen molar-refractivity contribution in [1.29, 1.82) is 0 Å². The van der Waals surface area contributed by atoms with Crippen LogP contribution in [0.2, 0.25) is 0 Å². The number of phenolic OH excluding ortho intramolecular Hbond substituents is 1. The predicted molar refractivity (Wildman–Crippen MR) is 63.4 cm³/mol. The van der Waals surface area contributed by atoms with Crippen molar-refractivity contribution in [2.45, 2.75) is 26.3 Å². The monoisotopic (exact) mass is 222 g/mol. The molecule has 4 N–H and O–H groups in total. The zero-order valence-electron chi connectivity index (χ0n) is 9.66. The lowest BCUT2D eigenvalue weighted by molar-refractivity contribution is 0.0934. The van der Waals surface area contributed by atoms with Crippen LogP contribution in [0.1, 0.15) is 29.3 Å². The van der Waals surface area contributed by atoms with Gasteiger partial charge in [0.2, 0.25) is 0 Å². The minimum Gasteiger partial charge on any atom is -0.507 e. The molecule has 0 saturated carbocycles. The molecule has 0 radical (unpaired) electrons. The van der Waals surface area contributed by atoms with E-state index in [2.05, 4.69) is 5.32 Å². The minimum absolute atomic E-state index is 0.00465. The Bertz CT molecular complexity index is 373. The molecular formula is C12H18N2O2. The Morgan fingerprint density at radius 1 is 1.56 bits per heavy atom. The molecule has 0 bridgehead atoms. The van der Waals surface area contributed by atoms with E-state index in [0.717, 1.165) is 12.0 Å². The minimum atomic E-state index is -0.279. The highest BCUT2D eigenvalue weighted by Crippen LogP contribution is 2.18. The van der Waals surface area contributed by atoms with Crippen molar-refractivity contribution in [3.05, 3.63) is 29.3 Å². The number of aryl methyl sites for hydroxylation is 1. The van der Waals surface area contributed by atoms with Crippen molar-refractivity contribution in [2.24, 2.45) is 5.73 Å². The molecule has 0 aliphatic carbocycles. The van der Waals surface area contributed by atoms with Crippen molar-refractivity contribution in [3.63, 3.8) is 0 Å². The highest BCUT2D eigenvalue weighted by molar-refractivity contribution is 5.97. The van der Waals surface area contributed by atoms with Gasteiger partial charge in [-0.25, -0.2) is 0 Å². The molecule has 1 aromatic carbocycles. The summed E-state index contributed by atoms with van der Waals surface area (Å²) in [5.74, 6) is -0.284. The van der Waals surface area contributed by atoms with Gasteiger partial charge in [-0.3, -0.25) is 4.79 Å².